The third kappa shape index (κ3) is 3.61. The van der Waals surface area contributed by atoms with Gasteiger partial charge in [0.2, 0.25) is 6.79 Å². The van der Waals surface area contributed by atoms with E-state index < -0.39 is 0 Å². The first-order valence-corrected chi connectivity index (χ1v) is 9.80. The smallest absolute Gasteiger partial charge is 0.251 e. The van der Waals surface area contributed by atoms with E-state index in [-0.39, 0.29) is 18.7 Å². The molecule has 0 radical (unpaired) electrons. The highest BCUT2D eigenvalue weighted by Gasteiger charge is 2.26. The number of carbonyl (C=O) groups excluding carboxylic acids is 1. The molecule has 0 bridgehead atoms. The van der Waals surface area contributed by atoms with E-state index in [0.29, 0.717) is 28.6 Å². The van der Waals surface area contributed by atoms with Crippen molar-refractivity contribution in [2.45, 2.75) is 12.5 Å². The van der Waals surface area contributed by atoms with Gasteiger partial charge in [0.25, 0.3) is 5.91 Å². The van der Waals surface area contributed by atoms with E-state index in [2.05, 4.69) is 20.4 Å². The number of aromatic nitrogens is 2. The normalized spacial score (nSPS) is 17.6. The molecule has 2 N–H and O–H groups in total. The van der Waals surface area contributed by atoms with Crippen LogP contribution in [-0.2, 0) is 0 Å². The molecule has 5 rings (SSSR count). The van der Waals surface area contributed by atoms with Crippen LogP contribution in [0.15, 0.2) is 48.5 Å². The number of halogens is 1. The lowest BCUT2D eigenvalue weighted by atomic mass is 10.1. The van der Waals surface area contributed by atoms with Gasteiger partial charge in [-0.15, -0.1) is 0 Å². The predicted molar refractivity (Wildman–Crippen MR) is 110 cm³/mol. The minimum Gasteiger partial charge on any atom is -0.454 e. The van der Waals surface area contributed by atoms with Crippen molar-refractivity contribution < 1.29 is 14.3 Å². The average molecular weight is 411 g/mol. The van der Waals surface area contributed by atoms with Gasteiger partial charge in [0, 0.05) is 35.8 Å². The van der Waals surface area contributed by atoms with Crippen LogP contribution < -0.4 is 19.7 Å². The molecule has 8 heteroatoms. The third-order valence-corrected chi connectivity index (χ3v) is 5.45. The fourth-order valence-corrected chi connectivity index (χ4v) is 3.77. The fourth-order valence-electron chi connectivity index (χ4n) is 3.64. The van der Waals surface area contributed by atoms with Crippen LogP contribution in [-0.4, -0.2) is 42.0 Å². The number of H-pyrrole nitrogens is 1. The molecule has 29 heavy (non-hydrogen) atoms. The summed E-state index contributed by atoms with van der Waals surface area (Å²) in [5.74, 6) is 2.04. The number of amides is 1. The van der Waals surface area contributed by atoms with Crippen molar-refractivity contribution in [1.29, 1.82) is 0 Å². The summed E-state index contributed by atoms with van der Waals surface area (Å²) in [4.78, 5) is 14.8. The zero-order valence-electron chi connectivity index (χ0n) is 15.5. The van der Waals surface area contributed by atoms with Crippen molar-refractivity contribution in [3.05, 3.63) is 59.1 Å². The Bertz CT molecular complexity index is 1050. The first kappa shape index (κ1) is 17.9. The quantitative estimate of drug-likeness (QED) is 0.688. The molecule has 1 fully saturated rings. The van der Waals surface area contributed by atoms with E-state index in [1.807, 2.05) is 30.3 Å². The van der Waals surface area contributed by atoms with Gasteiger partial charge in [0.1, 0.15) is 0 Å². The second-order valence-electron chi connectivity index (χ2n) is 7.12. The SMILES string of the molecule is O=C(NC1CCN(c2cc(-c3ccc(Cl)cc3)[nH]n2)C1)c1ccc2c(c1)OCO2. The standard InChI is InChI=1S/C21H19ClN4O3/c22-15-4-1-13(2-5-15)17-10-20(25-24-17)26-8-7-16(11-26)23-21(27)14-3-6-18-19(9-14)29-12-28-18/h1-6,9-10,16H,7-8,11-12H2,(H,23,27)(H,24,25). The Kier molecular flexibility index (Phi) is 4.52. The molecule has 1 unspecified atom stereocenters. The van der Waals surface area contributed by atoms with Crippen LogP contribution in [0.5, 0.6) is 11.5 Å². The van der Waals surface area contributed by atoms with Gasteiger partial charge in [-0.3, -0.25) is 9.89 Å². The summed E-state index contributed by atoms with van der Waals surface area (Å²) in [5.41, 5.74) is 2.53. The zero-order valence-corrected chi connectivity index (χ0v) is 16.3. The summed E-state index contributed by atoms with van der Waals surface area (Å²) >= 11 is 5.96. The Balaban J connectivity index is 1.22. The van der Waals surface area contributed by atoms with Crippen LogP contribution in [0.2, 0.25) is 5.02 Å². The Labute approximate surface area is 172 Å². The highest BCUT2D eigenvalue weighted by atomic mass is 35.5. The van der Waals surface area contributed by atoms with Crippen molar-refractivity contribution >= 4 is 23.3 Å². The van der Waals surface area contributed by atoms with Gasteiger partial charge in [-0.25, -0.2) is 0 Å². The summed E-state index contributed by atoms with van der Waals surface area (Å²) < 4.78 is 10.6. The number of aromatic amines is 1. The van der Waals surface area contributed by atoms with Gasteiger partial charge in [0.15, 0.2) is 17.3 Å². The number of nitrogens with one attached hydrogen (secondary N) is 2. The van der Waals surface area contributed by atoms with Gasteiger partial charge in [-0.05, 0) is 42.3 Å². The molecule has 148 valence electrons. The van der Waals surface area contributed by atoms with Crippen LogP contribution >= 0.6 is 11.6 Å². The van der Waals surface area contributed by atoms with Crippen LogP contribution in [0.25, 0.3) is 11.3 Å². The maximum Gasteiger partial charge on any atom is 0.251 e. The van der Waals surface area contributed by atoms with Gasteiger partial charge >= 0.3 is 0 Å². The zero-order chi connectivity index (χ0) is 19.8. The van der Waals surface area contributed by atoms with Crippen LogP contribution in [0, 0.1) is 0 Å². The molecule has 1 aromatic heterocycles. The summed E-state index contributed by atoms with van der Waals surface area (Å²) in [6.07, 6.45) is 0.861. The molecule has 1 atom stereocenters. The Hall–Kier alpha value is -3.19. The highest BCUT2D eigenvalue weighted by molar-refractivity contribution is 6.30. The van der Waals surface area contributed by atoms with Crippen molar-refractivity contribution in [3.8, 4) is 22.8 Å². The molecule has 2 aliphatic heterocycles. The van der Waals surface area contributed by atoms with E-state index in [0.717, 1.165) is 30.0 Å². The van der Waals surface area contributed by atoms with E-state index in [4.69, 9.17) is 21.1 Å². The van der Waals surface area contributed by atoms with Crippen molar-refractivity contribution in [2.75, 3.05) is 24.8 Å². The molecular formula is C21H19ClN4O3. The van der Waals surface area contributed by atoms with Crippen LogP contribution in [0.4, 0.5) is 5.82 Å². The van der Waals surface area contributed by atoms with Gasteiger partial charge in [-0.1, -0.05) is 23.7 Å². The van der Waals surface area contributed by atoms with E-state index in [1.165, 1.54) is 0 Å². The van der Waals surface area contributed by atoms with Gasteiger partial charge in [0.05, 0.1) is 5.69 Å². The number of benzene rings is 2. The molecule has 1 amide bonds. The minimum atomic E-state index is -0.112. The topological polar surface area (TPSA) is 79.5 Å². The van der Waals surface area contributed by atoms with E-state index >= 15 is 0 Å². The lowest BCUT2D eigenvalue weighted by molar-refractivity contribution is 0.0940. The Morgan fingerprint density at radius 1 is 1.14 bits per heavy atom. The number of rotatable bonds is 4. The second kappa shape index (κ2) is 7.33. The van der Waals surface area contributed by atoms with E-state index in [9.17, 15) is 4.79 Å². The summed E-state index contributed by atoms with van der Waals surface area (Å²) in [5, 5.41) is 11.3. The molecule has 1 saturated heterocycles. The second-order valence-corrected chi connectivity index (χ2v) is 7.56. The Morgan fingerprint density at radius 3 is 2.83 bits per heavy atom. The fraction of sp³-hybridized carbons (Fsp3) is 0.238. The first-order valence-electron chi connectivity index (χ1n) is 9.42. The number of ether oxygens (including phenoxy) is 2. The van der Waals surface area contributed by atoms with Crippen LogP contribution in [0.1, 0.15) is 16.8 Å². The molecule has 3 heterocycles. The lowest BCUT2D eigenvalue weighted by Crippen LogP contribution is -2.37. The summed E-state index contributed by atoms with van der Waals surface area (Å²) in [6, 6.07) is 14.9. The predicted octanol–water partition coefficient (Wildman–Crippen LogP) is 3.47. The van der Waals surface area contributed by atoms with Crippen molar-refractivity contribution in [3.63, 3.8) is 0 Å². The van der Waals surface area contributed by atoms with Crippen LogP contribution in [0.3, 0.4) is 0 Å². The molecule has 7 nitrogen and oxygen atoms in total. The largest absolute Gasteiger partial charge is 0.454 e. The molecule has 0 aliphatic carbocycles. The van der Waals surface area contributed by atoms with Crippen molar-refractivity contribution in [1.82, 2.24) is 15.5 Å². The minimum absolute atomic E-state index is 0.0589. The highest BCUT2D eigenvalue weighted by Crippen LogP contribution is 2.32. The van der Waals surface area contributed by atoms with E-state index in [1.54, 1.807) is 18.2 Å². The maximum atomic E-state index is 12.6. The van der Waals surface area contributed by atoms with Gasteiger partial charge < -0.3 is 19.7 Å². The number of carbonyl (C=O) groups is 1. The number of fused-ring (bicyclic) bond motifs is 1. The average Bonchev–Trinajstić information content (AvgIpc) is 3.48. The number of hydrogen-bond donors (Lipinski definition) is 2. The number of hydrogen-bond acceptors (Lipinski definition) is 5. The van der Waals surface area contributed by atoms with Gasteiger partial charge in [-0.2, -0.15) is 5.10 Å². The number of anilines is 1. The first-order chi connectivity index (χ1) is 14.2. The molecule has 2 aromatic carbocycles. The third-order valence-electron chi connectivity index (χ3n) is 5.20. The molecule has 3 aromatic rings. The lowest BCUT2D eigenvalue weighted by Gasteiger charge is -2.16. The number of nitrogens with zero attached hydrogens (tertiary/aromatic N) is 2. The molecule has 0 saturated carbocycles. The maximum absolute atomic E-state index is 12.6. The summed E-state index contributed by atoms with van der Waals surface area (Å²) in [7, 11) is 0. The van der Waals surface area contributed by atoms with Crippen molar-refractivity contribution in [2.24, 2.45) is 0 Å². The molecule has 0 spiro atoms. The molecule has 2 aliphatic rings. The molecular weight excluding hydrogens is 392 g/mol. The summed E-state index contributed by atoms with van der Waals surface area (Å²) in [6.45, 7) is 1.73. The Morgan fingerprint density at radius 2 is 1.97 bits per heavy atom. The monoisotopic (exact) mass is 410 g/mol.